The second-order valence-electron chi connectivity index (χ2n) is 4.74. The smallest absolute Gasteiger partial charge is 0.226 e. The Kier molecular flexibility index (Phi) is 3.81. The summed E-state index contributed by atoms with van der Waals surface area (Å²) in [6.45, 7) is 3.12. The van der Waals surface area contributed by atoms with E-state index in [1.807, 2.05) is 4.90 Å². The highest BCUT2D eigenvalue weighted by molar-refractivity contribution is 5.79. The summed E-state index contributed by atoms with van der Waals surface area (Å²) < 4.78 is 0. The molecule has 2 nitrogen and oxygen atoms in total. The van der Waals surface area contributed by atoms with Gasteiger partial charge in [-0.15, -0.1) is 0 Å². The molecule has 0 spiro atoms. The topological polar surface area (TPSA) is 20.3 Å². The summed E-state index contributed by atoms with van der Waals surface area (Å²) >= 11 is 0. The molecule has 0 saturated carbocycles. The number of likely N-dealkylation sites (tertiary alicyclic amines) is 1. The van der Waals surface area contributed by atoms with Crippen LogP contribution in [0.4, 0.5) is 0 Å². The van der Waals surface area contributed by atoms with Crippen molar-refractivity contribution >= 4 is 5.91 Å². The van der Waals surface area contributed by atoms with E-state index in [4.69, 9.17) is 0 Å². The molecule has 0 bridgehead atoms. The van der Waals surface area contributed by atoms with Gasteiger partial charge in [0.1, 0.15) is 0 Å². The van der Waals surface area contributed by atoms with Crippen LogP contribution >= 0.6 is 0 Å². The first-order chi connectivity index (χ1) is 7.83. The molecule has 0 aromatic heterocycles. The summed E-state index contributed by atoms with van der Waals surface area (Å²) in [6, 6.07) is 0. The van der Waals surface area contributed by atoms with E-state index in [0.717, 1.165) is 32.2 Å². The summed E-state index contributed by atoms with van der Waals surface area (Å²) in [6.07, 6.45) is 12.9. The largest absolute Gasteiger partial charge is 0.316 e. The van der Waals surface area contributed by atoms with Gasteiger partial charge in [-0.05, 0) is 25.3 Å². The minimum Gasteiger partial charge on any atom is -0.316 e. The van der Waals surface area contributed by atoms with Crippen molar-refractivity contribution in [2.75, 3.05) is 6.54 Å². The monoisotopic (exact) mass is 219 g/mol. The number of unbranched alkanes of at least 4 members (excludes halogenated alkanes) is 2. The molecule has 16 heavy (non-hydrogen) atoms. The van der Waals surface area contributed by atoms with E-state index in [2.05, 4.69) is 25.2 Å². The van der Waals surface area contributed by atoms with Crippen molar-refractivity contribution in [1.82, 2.24) is 4.90 Å². The standard InChI is InChI=1S/C14H21NO/c1-2-3-6-11-15-13-8-5-4-7-12(13)9-10-14(15)16/h4-5,8,12H,2-3,6-7,9-11H2,1H3. The molecule has 1 unspecified atom stereocenters. The molecule has 88 valence electrons. The van der Waals surface area contributed by atoms with Crippen molar-refractivity contribution < 1.29 is 4.79 Å². The van der Waals surface area contributed by atoms with Crippen LogP contribution in [0.3, 0.4) is 0 Å². The van der Waals surface area contributed by atoms with Crippen molar-refractivity contribution in [2.24, 2.45) is 5.92 Å². The van der Waals surface area contributed by atoms with E-state index >= 15 is 0 Å². The lowest BCUT2D eigenvalue weighted by atomic mass is 9.87. The third kappa shape index (κ3) is 2.37. The predicted molar refractivity (Wildman–Crippen MR) is 65.8 cm³/mol. The van der Waals surface area contributed by atoms with E-state index in [0.29, 0.717) is 11.8 Å². The van der Waals surface area contributed by atoms with Crippen LogP contribution in [0.2, 0.25) is 0 Å². The number of carbonyl (C=O) groups excluding carboxylic acids is 1. The zero-order valence-electron chi connectivity index (χ0n) is 10.1. The van der Waals surface area contributed by atoms with Gasteiger partial charge in [0, 0.05) is 24.6 Å². The van der Waals surface area contributed by atoms with Crippen molar-refractivity contribution in [2.45, 2.75) is 45.4 Å². The molecule has 1 heterocycles. The number of hydrogen-bond donors (Lipinski definition) is 0. The fraction of sp³-hybridized carbons (Fsp3) is 0.643. The molecule has 1 saturated heterocycles. The van der Waals surface area contributed by atoms with Crippen molar-refractivity contribution in [1.29, 1.82) is 0 Å². The summed E-state index contributed by atoms with van der Waals surface area (Å²) in [7, 11) is 0. The van der Waals surface area contributed by atoms with Gasteiger partial charge in [0.05, 0.1) is 0 Å². The zero-order valence-corrected chi connectivity index (χ0v) is 10.1. The fourth-order valence-electron chi connectivity index (χ4n) is 2.59. The number of allylic oxidation sites excluding steroid dienone is 4. The zero-order chi connectivity index (χ0) is 11.4. The summed E-state index contributed by atoms with van der Waals surface area (Å²) in [5, 5.41) is 0. The number of carbonyl (C=O) groups is 1. The van der Waals surface area contributed by atoms with E-state index < -0.39 is 0 Å². The molecule has 1 fully saturated rings. The van der Waals surface area contributed by atoms with Gasteiger partial charge in [-0.25, -0.2) is 0 Å². The molecule has 0 N–H and O–H groups in total. The first-order valence-corrected chi connectivity index (χ1v) is 6.50. The third-order valence-corrected chi connectivity index (χ3v) is 3.55. The van der Waals surface area contributed by atoms with Gasteiger partial charge in [0.2, 0.25) is 5.91 Å². The Bertz CT molecular complexity index is 317. The average Bonchev–Trinajstić information content (AvgIpc) is 2.32. The molecular formula is C14H21NO. The van der Waals surface area contributed by atoms with Gasteiger partial charge in [-0.1, -0.05) is 31.9 Å². The highest BCUT2D eigenvalue weighted by Gasteiger charge is 2.30. The number of fused-ring (bicyclic) bond motifs is 1. The number of amides is 1. The van der Waals surface area contributed by atoms with Crippen molar-refractivity contribution in [3.8, 4) is 0 Å². The molecule has 0 aromatic rings. The van der Waals surface area contributed by atoms with E-state index in [1.54, 1.807) is 0 Å². The number of hydrogen-bond acceptors (Lipinski definition) is 1. The van der Waals surface area contributed by atoms with Crippen LogP contribution < -0.4 is 0 Å². The predicted octanol–water partition coefficient (Wildman–Crippen LogP) is 3.26. The van der Waals surface area contributed by atoms with Gasteiger partial charge in [-0.3, -0.25) is 4.79 Å². The molecule has 0 radical (unpaired) electrons. The maximum Gasteiger partial charge on any atom is 0.226 e. The Morgan fingerprint density at radius 3 is 3.12 bits per heavy atom. The van der Waals surface area contributed by atoms with Crippen molar-refractivity contribution in [3.05, 3.63) is 23.9 Å². The summed E-state index contributed by atoms with van der Waals surface area (Å²) in [5.74, 6) is 0.929. The maximum absolute atomic E-state index is 11.9. The molecule has 1 aliphatic carbocycles. The lowest BCUT2D eigenvalue weighted by Crippen LogP contribution is -2.39. The molecule has 1 aliphatic heterocycles. The van der Waals surface area contributed by atoms with Crippen LogP contribution in [-0.4, -0.2) is 17.4 Å². The van der Waals surface area contributed by atoms with Crippen molar-refractivity contribution in [3.63, 3.8) is 0 Å². The highest BCUT2D eigenvalue weighted by Crippen LogP contribution is 2.33. The van der Waals surface area contributed by atoms with Gasteiger partial charge in [0.15, 0.2) is 0 Å². The highest BCUT2D eigenvalue weighted by atomic mass is 16.2. The fourth-order valence-corrected chi connectivity index (χ4v) is 2.59. The molecular weight excluding hydrogens is 198 g/mol. The first-order valence-electron chi connectivity index (χ1n) is 6.50. The lowest BCUT2D eigenvalue weighted by molar-refractivity contribution is -0.131. The van der Waals surface area contributed by atoms with Gasteiger partial charge in [0.25, 0.3) is 0 Å². The van der Waals surface area contributed by atoms with Gasteiger partial charge < -0.3 is 4.90 Å². The van der Waals surface area contributed by atoms with Crippen LogP contribution in [0.1, 0.15) is 45.4 Å². The second kappa shape index (κ2) is 5.33. The molecule has 2 heteroatoms. The number of piperidine rings is 1. The van der Waals surface area contributed by atoms with Crippen LogP contribution in [0.15, 0.2) is 23.9 Å². The Labute approximate surface area is 98.0 Å². The molecule has 1 amide bonds. The Morgan fingerprint density at radius 2 is 2.31 bits per heavy atom. The van der Waals surface area contributed by atoms with Crippen LogP contribution in [0, 0.1) is 5.92 Å². The lowest BCUT2D eigenvalue weighted by Gasteiger charge is -2.36. The molecule has 2 rings (SSSR count). The summed E-state index contributed by atoms with van der Waals surface area (Å²) in [5.41, 5.74) is 1.27. The van der Waals surface area contributed by atoms with Crippen LogP contribution in [0.25, 0.3) is 0 Å². The van der Waals surface area contributed by atoms with Crippen LogP contribution in [0.5, 0.6) is 0 Å². The Hall–Kier alpha value is -1.05. The number of nitrogens with zero attached hydrogens (tertiary/aromatic N) is 1. The van der Waals surface area contributed by atoms with E-state index in [-0.39, 0.29) is 0 Å². The quantitative estimate of drug-likeness (QED) is 0.665. The minimum absolute atomic E-state index is 0.328. The minimum atomic E-state index is 0.328. The second-order valence-corrected chi connectivity index (χ2v) is 4.74. The molecule has 0 aromatic carbocycles. The van der Waals surface area contributed by atoms with Gasteiger partial charge >= 0.3 is 0 Å². The number of rotatable bonds is 4. The molecule has 1 atom stereocenters. The third-order valence-electron chi connectivity index (χ3n) is 3.55. The Morgan fingerprint density at radius 1 is 1.44 bits per heavy atom. The maximum atomic E-state index is 11.9. The SMILES string of the molecule is CCCCCN1C(=O)CCC2CC=CC=C21. The van der Waals surface area contributed by atoms with Gasteiger partial charge in [-0.2, -0.15) is 0 Å². The van der Waals surface area contributed by atoms with E-state index in [9.17, 15) is 4.79 Å². The van der Waals surface area contributed by atoms with E-state index in [1.165, 1.54) is 18.5 Å². The average molecular weight is 219 g/mol. The first kappa shape index (κ1) is 11.4. The Balaban J connectivity index is 2.03. The normalized spacial score (nSPS) is 24.3. The molecule has 2 aliphatic rings. The van der Waals surface area contributed by atoms with Crippen LogP contribution in [-0.2, 0) is 4.79 Å². The summed E-state index contributed by atoms with van der Waals surface area (Å²) in [4.78, 5) is 13.9.